The van der Waals surface area contributed by atoms with E-state index in [-0.39, 0.29) is 12.1 Å². The van der Waals surface area contributed by atoms with E-state index in [9.17, 15) is 4.79 Å². The molecule has 1 aliphatic heterocycles. The van der Waals surface area contributed by atoms with Crippen LogP contribution in [0, 0.1) is 13.8 Å². The number of rotatable bonds is 3. The standard InChI is InChI=1S/C30H31N3O2S/c1-19-13-14-25(20(2)16-19)31-30(34)33-18-24-23-10-4-5-12-27(23)36-29(24)32-15-7-11-26(32)28(33)21-8-6-9-22(17-21)35-3/h6-9,11,13-17,28H,4-5,10,12,18H2,1-3H3,(H,31,34). The molecule has 2 amide bonds. The number of carbonyl (C=O) groups excluding carboxylic acids is 1. The van der Waals surface area contributed by atoms with Crippen LogP contribution in [0.25, 0.3) is 5.00 Å². The minimum atomic E-state index is -0.250. The van der Waals surface area contributed by atoms with Crippen molar-refractivity contribution in [1.82, 2.24) is 9.47 Å². The molecular formula is C30H31N3O2S. The number of ether oxygens (including phenoxy) is 1. The van der Waals surface area contributed by atoms with Crippen molar-refractivity contribution in [3.8, 4) is 10.8 Å². The van der Waals surface area contributed by atoms with Crippen LogP contribution in [0.3, 0.4) is 0 Å². The number of carbonyl (C=O) groups is 1. The number of amides is 2. The van der Waals surface area contributed by atoms with Crippen molar-refractivity contribution in [2.45, 2.75) is 52.1 Å². The summed E-state index contributed by atoms with van der Waals surface area (Å²) in [6, 6.07) is 18.2. The van der Waals surface area contributed by atoms with E-state index in [2.05, 4.69) is 47.3 Å². The first kappa shape index (κ1) is 22.9. The molecule has 0 saturated carbocycles. The first-order valence-electron chi connectivity index (χ1n) is 12.6. The maximum atomic E-state index is 14.1. The Labute approximate surface area is 216 Å². The first-order chi connectivity index (χ1) is 17.5. The van der Waals surface area contributed by atoms with Crippen LogP contribution in [-0.2, 0) is 19.4 Å². The molecule has 184 valence electrons. The van der Waals surface area contributed by atoms with E-state index < -0.39 is 0 Å². The number of nitrogens with zero attached hydrogens (tertiary/aromatic N) is 2. The van der Waals surface area contributed by atoms with Crippen molar-refractivity contribution in [2.75, 3.05) is 12.4 Å². The Morgan fingerprint density at radius 1 is 1.03 bits per heavy atom. The summed E-state index contributed by atoms with van der Waals surface area (Å²) in [5.74, 6) is 0.789. The van der Waals surface area contributed by atoms with Gasteiger partial charge in [0.25, 0.3) is 0 Å². The highest BCUT2D eigenvalue weighted by Gasteiger charge is 2.36. The van der Waals surface area contributed by atoms with Gasteiger partial charge >= 0.3 is 6.03 Å². The number of urea groups is 1. The van der Waals surface area contributed by atoms with E-state index in [0.717, 1.165) is 41.1 Å². The number of aryl methyl sites for hydroxylation is 3. The van der Waals surface area contributed by atoms with E-state index >= 15 is 0 Å². The molecule has 0 bridgehead atoms. The largest absolute Gasteiger partial charge is 0.497 e. The summed E-state index contributed by atoms with van der Waals surface area (Å²) in [7, 11) is 1.68. The molecule has 0 spiro atoms. The number of anilines is 1. The minimum absolute atomic E-state index is 0.0915. The van der Waals surface area contributed by atoms with Crippen LogP contribution in [0.2, 0.25) is 0 Å². The molecule has 2 aliphatic rings. The molecule has 1 aliphatic carbocycles. The fourth-order valence-electron chi connectivity index (χ4n) is 5.69. The Bertz CT molecular complexity index is 1450. The second kappa shape index (κ2) is 9.17. The van der Waals surface area contributed by atoms with Crippen LogP contribution in [0.5, 0.6) is 5.75 Å². The number of hydrogen-bond acceptors (Lipinski definition) is 3. The molecule has 1 atom stereocenters. The first-order valence-corrected chi connectivity index (χ1v) is 13.4. The van der Waals surface area contributed by atoms with E-state index in [4.69, 9.17) is 4.74 Å². The number of hydrogen-bond donors (Lipinski definition) is 1. The SMILES string of the molecule is COc1cccc(C2c3cccn3-c3sc4c(c3CN2C(=O)Nc2ccc(C)cc2C)CCCC4)c1. The Kier molecular flexibility index (Phi) is 5.84. The number of thiophene rings is 1. The van der Waals surface area contributed by atoms with Gasteiger partial charge in [-0.2, -0.15) is 0 Å². The second-order valence-corrected chi connectivity index (χ2v) is 10.9. The molecule has 0 radical (unpaired) electrons. The number of methoxy groups -OCH3 is 1. The fourth-order valence-corrected chi connectivity index (χ4v) is 7.09. The van der Waals surface area contributed by atoms with Crippen molar-refractivity contribution >= 4 is 23.1 Å². The molecule has 6 heteroatoms. The Balaban J connectivity index is 1.50. The van der Waals surface area contributed by atoms with Gasteiger partial charge in [0.2, 0.25) is 0 Å². The molecule has 5 nitrogen and oxygen atoms in total. The van der Waals surface area contributed by atoms with Gasteiger partial charge in [-0.3, -0.25) is 0 Å². The molecule has 1 N–H and O–H groups in total. The van der Waals surface area contributed by atoms with Gasteiger partial charge in [-0.05, 0) is 86.6 Å². The zero-order valence-corrected chi connectivity index (χ0v) is 21.8. The number of nitrogens with one attached hydrogen (secondary N) is 1. The highest BCUT2D eigenvalue weighted by Crippen LogP contribution is 2.44. The lowest BCUT2D eigenvalue weighted by Crippen LogP contribution is -2.38. The zero-order chi connectivity index (χ0) is 24.8. The van der Waals surface area contributed by atoms with Gasteiger partial charge in [-0.15, -0.1) is 11.3 Å². The highest BCUT2D eigenvalue weighted by atomic mass is 32.1. The minimum Gasteiger partial charge on any atom is -0.497 e. The van der Waals surface area contributed by atoms with Crippen LogP contribution in [0.1, 0.15) is 57.3 Å². The maximum Gasteiger partial charge on any atom is 0.322 e. The van der Waals surface area contributed by atoms with Gasteiger partial charge in [0.15, 0.2) is 0 Å². The summed E-state index contributed by atoms with van der Waals surface area (Å²) >= 11 is 1.90. The van der Waals surface area contributed by atoms with Gasteiger partial charge < -0.3 is 19.5 Å². The smallest absolute Gasteiger partial charge is 0.322 e. The molecule has 0 fully saturated rings. The predicted octanol–water partition coefficient (Wildman–Crippen LogP) is 7.18. The third-order valence-electron chi connectivity index (χ3n) is 7.47. The van der Waals surface area contributed by atoms with Gasteiger partial charge in [0.1, 0.15) is 10.8 Å². The molecule has 1 unspecified atom stereocenters. The summed E-state index contributed by atoms with van der Waals surface area (Å²) in [6.07, 6.45) is 6.83. The van der Waals surface area contributed by atoms with Crippen molar-refractivity contribution in [1.29, 1.82) is 0 Å². The topological polar surface area (TPSA) is 46.5 Å². The summed E-state index contributed by atoms with van der Waals surface area (Å²) in [5, 5.41) is 4.50. The summed E-state index contributed by atoms with van der Waals surface area (Å²) in [4.78, 5) is 17.6. The van der Waals surface area contributed by atoms with Crippen molar-refractivity contribution in [2.24, 2.45) is 0 Å². The molecule has 36 heavy (non-hydrogen) atoms. The molecule has 2 aromatic heterocycles. The summed E-state index contributed by atoms with van der Waals surface area (Å²) < 4.78 is 7.87. The average Bonchev–Trinajstić information content (AvgIpc) is 3.47. The Hall–Kier alpha value is -3.51. The highest BCUT2D eigenvalue weighted by molar-refractivity contribution is 7.15. The number of benzene rings is 2. The van der Waals surface area contributed by atoms with Crippen LogP contribution in [0.4, 0.5) is 10.5 Å². The lowest BCUT2D eigenvalue weighted by Gasteiger charge is -2.32. The quantitative estimate of drug-likeness (QED) is 0.326. The van der Waals surface area contributed by atoms with Crippen LogP contribution >= 0.6 is 11.3 Å². The van der Waals surface area contributed by atoms with E-state index in [0.29, 0.717) is 6.54 Å². The number of aromatic nitrogens is 1. The third-order valence-corrected chi connectivity index (χ3v) is 8.81. The van der Waals surface area contributed by atoms with Crippen LogP contribution < -0.4 is 10.1 Å². The number of fused-ring (bicyclic) bond motifs is 5. The van der Waals surface area contributed by atoms with E-state index in [1.165, 1.54) is 39.4 Å². The summed E-state index contributed by atoms with van der Waals surface area (Å²) in [6.45, 7) is 4.69. The monoisotopic (exact) mass is 497 g/mol. The van der Waals surface area contributed by atoms with Gasteiger partial charge in [0.05, 0.1) is 25.4 Å². The Morgan fingerprint density at radius 3 is 2.72 bits per heavy atom. The zero-order valence-electron chi connectivity index (χ0n) is 21.0. The van der Waals surface area contributed by atoms with Crippen molar-refractivity contribution in [3.63, 3.8) is 0 Å². The van der Waals surface area contributed by atoms with Gasteiger partial charge in [-0.1, -0.05) is 29.8 Å². The van der Waals surface area contributed by atoms with Crippen LogP contribution in [-0.4, -0.2) is 22.6 Å². The maximum absolute atomic E-state index is 14.1. The normalized spacial score (nSPS) is 16.5. The molecule has 2 aromatic carbocycles. The van der Waals surface area contributed by atoms with Crippen molar-refractivity contribution in [3.05, 3.63) is 99.2 Å². The molecule has 4 aromatic rings. The van der Waals surface area contributed by atoms with Crippen LogP contribution in [0.15, 0.2) is 60.8 Å². The van der Waals surface area contributed by atoms with Gasteiger partial charge in [0, 0.05) is 22.3 Å². The Morgan fingerprint density at radius 2 is 1.89 bits per heavy atom. The fraction of sp³-hybridized carbons (Fsp3) is 0.300. The molecule has 3 heterocycles. The molecule has 0 saturated heterocycles. The van der Waals surface area contributed by atoms with E-state index in [1.807, 2.05) is 53.5 Å². The molecular weight excluding hydrogens is 466 g/mol. The lowest BCUT2D eigenvalue weighted by atomic mass is 9.95. The van der Waals surface area contributed by atoms with Gasteiger partial charge in [-0.25, -0.2) is 4.79 Å². The van der Waals surface area contributed by atoms with Crippen molar-refractivity contribution < 1.29 is 9.53 Å². The van der Waals surface area contributed by atoms with E-state index in [1.54, 1.807) is 7.11 Å². The average molecular weight is 498 g/mol. The molecule has 6 rings (SSSR count). The second-order valence-electron chi connectivity index (χ2n) is 9.85. The third kappa shape index (κ3) is 3.90. The predicted molar refractivity (Wildman–Crippen MR) is 146 cm³/mol. The lowest BCUT2D eigenvalue weighted by molar-refractivity contribution is 0.194. The summed E-state index contributed by atoms with van der Waals surface area (Å²) in [5.41, 5.74) is 7.98.